The average Bonchev–Trinajstić information content (AvgIpc) is 3.78. The van der Waals surface area contributed by atoms with E-state index in [1.807, 2.05) is 60.7 Å². The number of esters is 2. The van der Waals surface area contributed by atoms with Crippen LogP contribution in [0.1, 0.15) is 44.7 Å². The van der Waals surface area contributed by atoms with E-state index in [0.29, 0.717) is 45.9 Å². The molecular formula is C41H32Cl2N2O6S2. The second-order valence-electron chi connectivity index (χ2n) is 11.8. The summed E-state index contributed by atoms with van der Waals surface area (Å²) in [6, 6.07) is 31.0. The van der Waals surface area contributed by atoms with Crippen LogP contribution in [0.15, 0.2) is 114 Å². The SMILES string of the molecule is COc1ccc(-c2csc(NC(=O)CCc3ccccc3)c2C(=O)OC(=O)c2c(-c3ccc(Cl)cc3Cl)csc2NC(=O)CCc2ccccc2)cc1. The van der Waals surface area contributed by atoms with Crippen molar-refractivity contribution in [2.75, 3.05) is 17.7 Å². The van der Waals surface area contributed by atoms with Crippen molar-refractivity contribution in [3.63, 3.8) is 0 Å². The zero-order chi connectivity index (χ0) is 37.3. The van der Waals surface area contributed by atoms with Crippen LogP contribution in [0.4, 0.5) is 10.0 Å². The van der Waals surface area contributed by atoms with Gasteiger partial charge in [-0.15, -0.1) is 22.7 Å². The van der Waals surface area contributed by atoms with Crippen LogP contribution in [0.25, 0.3) is 22.3 Å². The molecule has 12 heteroatoms. The van der Waals surface area contributed by atoms with Gasteiger partial charge in [-0.3, -0.25) is 9.59 Å². The van der Waals surface area contributed by atoms with Crippen LogP contribution in [0.2, 0.25) is 10.0 Å². The van der Waals surface area contributed by atoms with Crippen LogP contribution >= 0.6 is 45.9 Å². The molecule has 0 bridgehead atoms. The molecule has 2 amide bonds. The van der Waals surface area contributed by atoms with E-state index in [0.717, 1.165) is 33.8 Å². The van der Waals surface area contributed by atoms with Crippen molar-refractivity contribution in [1.29, 1.82) is 0 Å². The molecule has 268 valence electrons. The highest BCUT2D eigenvalue weighted by Crippen LogP contribution is 2.41. The molecular weight excluding hydrogens is 751 g/mol. The number of hydrogen-bond donors (Lipinski definition) is 2. The Morgan fingerprint density at radius 2 is 1.13 bits per heavy atom. The van der Waals surface area contributed by atoms with E-state index < -0.39 is 11.9 Å². The quantitative estimate of drug-likeness (QED) is 0.0891. The van der Waals surface area contributed by atoms with Crippen molar-refractivity contribution in [2.45, 2.75) is 25.7 Å². The van der Waals surface area contributed by atoms with Crippen LogP contribution in [-0.2, 0) is 27.2 Å². The number of benzene rings is 4. The van der Waals surface area contributed by atoms with Crippen molar-refractivity contribution >= 4 is 79.6 Å². The standard InChI is InChI=1S/C41H32Cl2N2O6S2/c1-50-29-17-14-27(15-18-29)31-23-52-38(44-34(46)20-12-25-8-4-2-5-9-25)36(31)40(48)51-41(49)37-32(30-19-16-28(42)22-33(30)43)24-53-39(37)45-35(47)21-13-26-10-6-3-7-11-26/h2-11,14-19,22-24H,12-13,20-21H2,1H3,(H,44,46)(H,45,47). The summed E-state index contributed by atoms with van der Waals surface area (Å²) in [6.45, 7) is 0. The van der Waals surface area contributed by atoms with E-state index >= 15 is 0 Å². The van der Waals surface area contributed by atoms with Gasteiger partial charge in [0.15, 0.2) is 0 Å². The Bertz CT molecular complexity index is 2250. The monoisotopic (exact) mass is 782 g/mol. The summed E-state index contributed by atoms with van der Waals surface area (Å²) in [4.78, 5) is 54.6. The van der Waals surface area contributed by atoms with Crippen LogP contribution in [0, 0.1) is 0 Å². The maximum Gasteiger partial charge on any atom is 0.349 e. The highest BCUT2D eigenvalue weighted by molar-refractivity contribution is 7.15. The third-order valence-electron chi connectivity index (χ3n) is 8.27. The molecule has 0 radical (unpaired) electrons. The minimum Gasteiger partial charge on any atom is -0.497 e. The van der Waals surface area contributed by atoms with Crippen molar-refractivity contribution in [2.24, 2.45) is 0 Å². The number of anilines is 2. The molecule has 2 heterocycles. The highest BCUT2D eigenvalue weighted by atomic mass is 35.5. The molecule has 4 aromatic carbocycles. The number of methoxy groups -OCH3 is 1. The lowest BCUT2D eigenvalue weighted by Crippen LogP contribution is -2.19. The number of carbonyl (C=O) groups is 4. The zero-order valence-corrected chi connectivity index (χ0v) is 31.5. The summed E-state index contributed by atoms with van der Waals surface area (Å²) < 4.78 is 10.9. The molecule has 2 aromatic heterocycles. The van der Waals surface area contributed by atoms with E-state index in [2.05, 4.69) is 10.6 Å². The largest absolute Gasteiger partial charge is 0.497 e. The molecule has 0 fully saturated rings. The normalized spacial score (nSPS) is 10.8. The molecule has 6 rings (SSSR count). The van der Waals surface area contributed by atoms with E-state index in [1.54, 1.807) is 54.3 Å². The van der Waals surface area contributed by atoms with E-state index in [1.165, 1.54) is 6.07 Å². The lowest BCUT2D eigenvalue weighted by molar-refractivity contribution is -0.117. The van der Waals surface area contributed by atoms with E-state index in [4.69, 9.17) is 32.7 Å². The van der Waals surface area contributed by atoms with Crippen LogP contribution in [0.3, 0.4) is 0 Å². The molecule has 0 saturated heterocycles. The fourth-order valence-electron chi connectivity index (χ4n) is 5.56. The summed E-state index contributed by atoms with van der Waals surface area (Å²) in [6.07, 6.45) is 1.30. The fraction of sp³-hybridized carbons (Fsp3) is 0.122. The van der Waals surface area contributed by atoms with Crippen molar-refractivity contribution in [1.82, 2.24) is 0 Å². The highest BCUT2D eigenvalue weighted by Gasteiger charge is 2.30. The lowest BCUT2D eigenvalue weighted by atomic mass is 10.0. The fourth-order valence-corrected chi connectivity index (χ4v) is 8.01. The number of nitrogens with one attached hydrogen (secondary N) is 2. The summed E-state index contributed by atoms with van der Waals surface area (Å²) >= 11 is 15.0. The maximum absolute atomic E-state index is 14.1. The van der Waals surface area contributed by atoms with Gasteiger partial charge in [0.05, 0.1) is 7.11 Å². The van der Waals surface area contributed by atoms with Crippen LogP contribution in [-0.4, -0.2) is 30.9 Å². The third kappa shape index (κ3) is 9.40. The van der Waals surface area contributed by atoms with Crippen molar-refractivity contribution in [3.8, 4) is 28.0 Å². The smallest absolute Gasteiger partial charge is 0.349 e. The van der Waals surface area contributed by atoms with Gasteiger partial charge in [-0.1, -0.05) is 102 Å². The van der Waals surface area contributed by atoms with Gasteiger partial charge in [-0.05, 0) is 53.8 Å². The summed E-state index contributed by atoms with van der Waals surface area (Å²) in [7, 11) is 1.55. The molecule has 2 N–H and O–H groups in total. The molecule has 8 nitrogen and oxygen atoms in total. The molecule has 0 aliphatic heterocycles. The van der Waals surface area contributed by atoms with E-state index in [-0.39, 0.29) is 50.8 Å². The number of thiophene rings is 2. The maximum atomic E-state index is 14.1. The first-order valence-electron chi connectivity index (χ1n) is 16.5. The van der Waals surface area contributed by atoms with Gasteiger partial charge < -0.3 is 20.1 Å². The molecule has 6 aromatic rings. The minimum absolute atomic E-state index is 0.0105. The number of halogens is 2. The Balaban J connectivity index is 1.30. The second-order valence-corrected chi connectivity index (χ2v) is 14.4. The number of ether oxygens (including phenoxy) is 2. The van der Waals surface area contributed by atoms with Gasteiger partial charge in [-0.25, -0.2) is 9.59 Å². The molecule has 0 aliphatic rings. The van der Waals surface area contributed by atoms with Crippen molar-refractivity contribution < 1.29 is 28.7 Å². The molecule has 0 unspecified atom stereocenters. The van der Waals surface area contributed by atoms with Gasteiger partial charge in [0, 0.05) is 50.3 Å². The van der Waals surface area contributed by atoms with Crippen LogP contribution < -0.4 is 15.4 Å². The minimum atomic E-state index is -1.01. The first-order valence-corrected chi connectivity index (χ1v) is 19.0. The topological polar surface area (TPSA) is 111 Å². The summed E-state index contributed by atoms with van der Waals surface area (Å²) in [5, 5.41) is 10.1. The number of aryl methyl sites for hydroxylation is 2. The van der Waals surface area contributed by atoms with E-state index in [9.17, 15) is 19.2 Å². The van der Waals surface area contributed by atoms with Gasteiger partial charge in [0.2, 0.25) is 11.8 Å². The molecule has 0 atom stereocenters. The third-order valence-corrected chi connectivity index (χ3v) is 10.6. The Labute approximate surface area is 324 Å². The van der Waals surface area contributed by atoms with Crippen LogP contribution in [0.5, 0.6) is 5.75 Å². The number of carbonyl (C=O) groups excluding carboxylic acids is 4. The average molecular weight is 784 g/mol. The lowest BCUT2D eigenvalue weighted by Gasteiger charge is -2.12. The molecule has 0 aliphatic carbocycles. The zero-order valence-electron chi connectivity index (χ0n) is 28.3. The van der Waals surface area contributed by atoms with Gasteiger partial charge in [-0.2, -0.15) is 0 Å². The Morgan fingerprint density at radius 1 is 0.623 bits per heavy atom. The number of rotatable bonds is 13. The molecule has 0 saturated carbocycles. The first-order chi connectivity index (χ1) is 25.7. The number of hydrogen-bond acceptors (Lipinski definition) is 8. The summed E-state index contributed by atoms with van der Waals surface area (Å²) in [5.74, 6) is -2.02. The first kappa shape index (κ1) is 37.5. The van der Waals surface area contributed by atoms with Gasteiger partial charge in [0.25, 0.3) is 0 Å². The predicted molar refractivity (Wildman–Crippen MR) is 213 cm³/mol. The predicted octanol–water partition coefficient (Wildman–Crippen LogP) is 10.6. The number of amides is 2. The van der Waals surface area contributed by atoms with Gasteiger partial charge in [0.1, 0.15) is 26.9 Å². The second kappa shape index (κ2) is 17.5. The Kier molecular flexibility index (Phi) is 12.4. The van der Waals surface area contributed by atoms with Gasteiger partial charge >= 0.3 is 11.9 Å². The summed E-state index contributed by atoms with van der Waals surface area (Å²) in [5.41, 5.74) is 3.84. The molecule has 53 heavy (non-hydrogen) atoms. The van der Waals surface area contributed by atoms with Crippen molar-refractivity contribution in [3.05, 3.63) is 146 Å². The molecule has 0 spiro atoms. The Morgan fingerprint density at radius 3 is 1.64 bits per heavy atom. The Hall–Kier alpha value is -5.26.